The molecule has 0 fully saturated rings. The minimum atomic E-state index is -0.322. The summed E-state index contributed by atoms with van der Waals surface area (Å²) in [6.07, 6.45) is 1.72. The number of nitrogens with one attached hydrogen (secondary N) is 1. The molecule has 0 spiro atoms. The monoisotopic (exact) mass is 426 g/mol. The van der Waals surface area contributed by atoms with E-state index in [-0.39, 0.29) is 18.1 Å². The summed E-state index contributed by atoms with van der Waals surface area (Å²) in [4.78, 5) is 11.8. The van der Waals surface area contributed by atoms with Gasteiger partial charge < -0.3 is 4.74 Å². The summed E-state index contributed by atoms with van der Waals surface area (Å²) < 4.78 is 19.2. The maximum Gasteiger partial charge on any atom is 0.244 e. The zero-order valence-corrected chi connectivity index (χ0v) is 14.7. The first-order valence-electron chi connectivity index (χ1n) is 7.07. The van der Waals surface area contributed by atoms with Crippen LogP contribution in [-0.4, -0.2) is 18.7 Å². The van der Waals surface area contributed by atoms with Gasteiger partial charge >= 0.3 is 0 Å². The fraction of sp³-hybridized carbons (Fsp3) is 0.176. The Kier molecular flexibility index (Phi) is 6.52. The van der Waals surface area contributed by atoms with E-state index in [0.717, 1.165) is 20.4 Å². The molecule has 1 N–H and O–H groups in total. The third-order valence-corrected chi connectivity index (χ3v) is 3.78. The lowest BCUT2D eigenvalue weighted by Crippen LogP contribution is -2.19. The highest BCUT2D eigenvalue weighted by Crippen LogP contribution is 2.21. The molecule has 4 nitrogen and oxygen atoms in total. The van der Waals surface area contributed by atoms with E-state index < -0.39 is 0 Å². The zero-order chi connectivity index (χ0) is 16.7. The third kappa shape index (κ3) is 5.63. The van der Waals surface area contributed by atoms with Gasteiger partial charge in [-0.05, 0) is 71.0 Å². The number of carbonyl (C=O) groups is 1. The van der Waals surface area contributed by atoms with Crippen LogP contribution in [0, 0.1) is 9.39 Å². The maximum absolute atomic E-state index is 12.8. The van der Waals surface area contributed by atoms with E-state index in [9.17, 15) is 9.18 Å². The number of amides is 1. The number of nitrogens with zero attached hydrogens (tertiary/aromatic N) is 1. The van der Waals surface area contributed by atoms with E-state index in [1.165, 1.54) is 12.1 Å². The Labute approximate surface area is 147 Å². The van der Waals surface area contributed by atoms with Crippen molar-refractivity contribution in [2.24, 2.45) is 5.10 Å². The number of carbonyl (C=O) groups excluding carboxylic acids is 1. The average molecular weight is 426 g/mol. The SMILES string of the molecule is CCOc1ccc(/C=N/NC(=O)Cc2ccc(F)cc2)cc1I. The molecule has 0 saturated heterocycles. The van der Waals surface area contributed by atoms with Gasteiger partial charge in [-0.2, -0.15) is 5.10 Å². The summed E-state index contributed by atoms with van der Waals surface area (Å²) in [5, 5.41) is 3.93. The standard InChI is InChI=1S/C17H16FIN2O2/c1-2-23-16-8-5-13(9-15(16)19)11-20-21-17(22)10-12-3-6-14(18)7-4-12/h3-9,11H,2,10H2,1H3,(H,21,22)/b20-11+. The molecule has 0 unspecified atom stereocenters. The Morgan fingerprint density at radius 1 is 1.30 bits per heavy atom. The fourth-order valence-electron chi connectivity index (χ4n) is 1.88. The minimum Gasteiger partial charge on any atom is -0.493 e. The first-order chi connectivity index (χ1) is 11.1. The van der Waals surface area contributed by atoms with Gasteiger partial charge in [-0.1, -0.05) is 12.1 Å². The molecule has 0 aliphatic carbocycles. The lowest BCUT2D eigenvalue weighted by Gasteiger charge is -2.06. The van der Waals surface area contributed by atoms with Crippen molar-refractivity contribution in [2.45, 2.75) is 13.3 Å². The van der Waals surface area contributed by atoms with E-state index in [1.54, 1.807) is 18.3 Å². The predicted octanol–water partition coefficient (Wildman–Crippen LogP) is 3.52. The lowest BCUT2D eigenvalue weighted by molar-refractivity contribution is -0.120. The second-order valence-electron chi connectivity index (χ2n) is 4.72. The van der Waals surface area contributed by atoms with Crippen LogP contribution in [0.3, 0.4) is 0 Å². The zero-order valence-electron chi connectivity index (χ0n) is 12.6. The van der Waals surface area contributed by atoms with Gasteiger partial charge in [-0.25, -0.2) is 9.82 Å². The Morgan fingerprint density at radius 3 is 2.70 bits per heavy atom. The quantitative estimate of drug-likeness (QED) is 0.437. The molecule has 120 valence electrons. The molecule has 1 amide bonds. The topological polar surface area (TPSA) is 50.7 Å². The molecule has 23 heavy (non-hydrogen) atoms. The highest BCUT2D eigenvalue weighted by atomic mass is 127. The van der Waals surface area contributed by atoms with Crippen LogP contribution in [-0.2, 0) is 11.2 Å². The van der Waals surface area contributed by atoms with Gasteiger partial charge in [0.25, 0.3) is 0 Å². The van der Waals surface area contributed by atoms with Crippen molar-refractivity contribution in [3.8, 4) is 5.75 Å². The van der Waals surface area contributed by atoms with Gasteiger partial charge in [-0.15, -0.1) is 0 Å². The second kappa shape index (κ2) is 8.61. The fourth-order valence-corrected chi connectivity index (χ4v) is 2.57. The summed E-state index contributed by atoms with van der Waals surface area (Å²) in [7, 11) is 0. The normalized spacial score (nSPS) is 10.7. The van der Waals surface area contributed by atoms with Gasteiger partial charge in [-0.3, -0.25) is 4.79 Å². The van der Waals surface area contributed by atoms with Crippen molar-refractivity contribution in [3.63, 3.8) is 0 Å². The van der Waals surface area contributed by atoms with E-state index in [2.05, 4.69) is 33.1 Å². The van der Waals surface area contributed by atoms with Gasteiger partial charge in [0.05, 0.1) is 22.8 Å². The molecule has 0 aliphatic rings. The summed E-state index contributed by atoms with van der Waals surface area (Å²) in [6.45, 7) is 2.55. The largest absolute Gasteiger partial charge is 0.493 e. The first kappa shape index (κ1) is 17.4. The molecule has 0 atom stereocenters. The van der Waals surface area contributed by atoms with E-state index >= 15 is 0 Å². The molecule has 0 bridgehead atoms. The molecule has 0 radical (unpaired) electrons. The van der Waals surface area contributed by atoms with Crippen LogP contribution in [0.15, 0.2) is 47.6 Å². The van der Waals surface area contributed by atoms with Crippen molar-refractivity contribution in [1.82, 2.24) is 5.43 Å². The molecule has 0 saturated carbocycles. The molecule has 0 heterocycles. The van der Waals surface area contributed by atoms with Crippen LogP contribution in [0.4, 0.5) is 4.39 Å². The maximum atomic E-state index is 12.8. The average Bonchev–Trinajstić information content (AvgIpc) is 2.52. The van der Waals surface area contributed by atoms with Gasteiger partial charge in [0, 0.05) is 0 Å². The van der Waals surface area contributed by atoms with Crippen LogP contribution in [0.5, 0.6) is 5.75 Å². The van der Waals surface area contributed by atoms with E-state index in [1.807, 2.05) is 25.1 Å². The molecule has 2 aromatic carbocycles. The number of hydrogen-bond acceptors (Lipinski definition) is 3. The lowest BCUT2D eigenvalue weighted by atomic mass is 10.1. The number of halogens is 2. The Hall–Kier alpha value is -1.96. The Morgan fingerprint density at radius 2 is 2.04 bits per heavy atom. The molecular formula is C17H16FIN2O2. The number of hydrogen-bond donors (Lipinski definition) is 1. The highest BCUT2D eigenvalue weighted by molar-refractivity contribution is 14.1. The van der Waals surface area contributed by atoms with Crippen molar-refractivity contribution < 1.29 is 13.9 Å². The van der Waals surface area contributed by atoms with Crippen molar-refractivity contribution >= 4 is 34.7 Å². The Bertz CT molecular complexity index is 702. The van der Waals surface area contributed by atoms with E-state index in [0.29, 0.717) is 6.61 Å². The summed E-state index contributed by atoms with van der Waals surface area (Å²) in [5.41, 5.74) is 4.05. The summed E-state index contributed by atoms with van der Waals surface area (Å²) in [6, 6.07) is 11.5. The predicted molar refractivity (Wildman–Crippen MR) is 96.2 cm³/mol. The van der Waals surface area contributed by atoms with Crippen LogP contribution in [0.2, 0.25) is 0 Å². The summed E-state index contributed by atoms with van der Waals surface area (Å²) >= 11 is 2.19. The number of benzene rings is 2. The molecule has 2 rings (SSSR count). The number of ether oxygens (including phenoxy) is 1. The number of rotatable bonds is 6. The van der Waals surface area contributed by atoms with Gasteiger partial charge in [0.1, 0.15) is 11.6 Å². The summed E-state index contributed by atoms with van der Waals surface area (Å²) in [5.74, 6) is 0.247. The smallest absolute Gasteiger partial charge is 0.244 e. The van der Waals surface area contributed by atoms with E-state index in [4.69, 9.17) is 4.74 Å². The molecule has 2 aromatic rings. The molecule has 6 heteroatoms. The van der Waals surface area contributed by atoms with Crippen molar-refractivity contribution in [3.05, 3.63) is 63.0 Å². The number of hydrazone groups is 1. The third-order valence-electron chi connectivity index (χ3n) is 2.94. The van der Waals surface area contributed by atoms with Gasteiger partial charge in [0.15, 0.2) is 0 Å². The Balaban J connectivity index is 1.89. The molecule has 0 aliphatic heterocycles. The van der Waals surface area contributed by atoms with Crippen LogP contribution >= 0.6 is 22.6 Å². The first-order valence-corrected chi connectivity index (χ1v) is 8.15. The van der Waals surface area contributed by atoms with Crippen LogP contribution in [0.1, 0.15) is 18.1 Å². The van der Waals surface area contributed by atoms with Crippen molar-refractivity contribution in [1.29, 1.82) is 0 Å². The highest BCUT2D eigenvalue weighted by Gasteiger charge is 2.03. The van der Waals surface area contributed by atoms with Crippen molar-refractivity contribution in [2.75, 3.05) is 6.61 Å². The van der Waals surface area contributed by atoms with Crippen LogP contribution < -0.4 is 10.2 Å². The molecular weight excluding hydrogens is 410 g/mol. The molecule has 0 aromatic heterocycles. The minimum absolute atomic E-state index is 0.151. The van der Waals surface area contributed by atoms with Gasteiger partial charge in [0.2, 0.25) is 5.91 Å². The second-order valence-corrected chi connectivity index (χ2v) is 5.88. The van der Waals surface area contributed by atoms with Crippen LogP contribution in [0.25, 0.3) is 0 Å².